The van der Waals surface area contributed by atoms with Gasteiger partial charge in [0.25, 0.3) is 0 Å². The van der Waals surface area contributed by atoms with E-state index in [9.17, 15) is 14.4 Å². The molecule has 1 fully saturated rings. The van der Waals surface area contributed by atoms with E-state index in [1.54, 1.807) is 27.7 Å². The highest BCUT2D eigenvalue weighted by atomic mass is 35.5. The fourth-order valence-corrected chi connectivity index (χ4v) is 6.27. The molecular formula is C26H37Cl3NO6Si. The van der Waals surface area contributed by atoms with Gasteiger partial charge in [-0.15, -0.1) is 0 Å². The largest absolute Gasteiger partial charge is 0.459 e. The van der Waals surface area contributed by atoms with Crippen molar-refractivity contribution >= 4 is 61.7 Å². The van der Waals surface area contributed by atoms with Crippen LogP contribution in [-0.4, -0.2) is 55.6 Å². The summed E-state index contributed by atoms with van der Waals surface area (Å²) in [5, 5.41) is 0.524. The number of β-lactam (4-membered cyclic amide) rings is 1. The van der Waals surface area contributed by atoms with Crippen molar-refractivity contribution in [3.05, 3.63) is 27.2 Å². The molecule has 0 unspecified atom stereocenters. The van der Waals surface area contributed by atoms with Crippen molar-refractivity contribution in [1.82, 2.24) is 4.90 Å². The van der Waals surface area contributed by atoms with E-state index in [4.69, 9.17) is 48.7 Å². The van der Waals surface area contributed by atoms with Crippen LogP contribution in [-0.2, 0) is 23.5 Å². The van der Waals surface area contributed by atoms with Gasteiger partial charge in [0.2, 0.25) is 14.9 Å². The number of hydrogen-bond donors (Lipinski definition) is 0. The van der Waals surface area contributed by atoms with E-state index in [-0.39, 0.29) is 33.3 Å². The minimum atomic E-state index is -1.23. The van der Waals surface area contributed by atoms with Gasteiger partial charge >= 0.3 is 11.9 Å². The first kappa shape index (κ1) is 31.9. The maximum absolute atomic E-state index is 13.6. The minimum absolute atomic E-state index is 0.0521. The van der Waals surface area contributed by atoms with Crippen molar-refractivity contribution in [2.45, 2.75) is 85.7 Å². The van der Waals surface area contributed by atoms with Crippen molar-refractivity contribution < 1.29 is 28.3 Å². The second-order valence-electron chi connectivity index (χ2n) is 11.8. The number of likely N-dealkylation sites (tertiary alicyclic amines) is 1. The van der Waals surface area contributed by atoms with Gasteiger partial charge in [-0.1, -0.05) is 55.6 Å². The highest BCUT2D eigenvalue weighted by Crippen LogP contribution is 2.49. The zero-order valence-electron chi connectivity index (χ0n) is 23.1. The first-order chi connectivity index (χ1) is 16.7. The van der Waals surface area contributed by atoms with E-state index in [0.29, 0.717) is 0 Å². The van der Waals surface area contributed by atoms with Gasteiger partial charge in [-0.3, -0.25) is 14.4 Å². The first-order valence-corrected chi connectivity index (χ1v) is 15.6. The normalized spacial score (nSPS) is 20.8. The topological polar surface area (TPSA) is 82.1 Å². The Morgan fingerprint density at radius 3 is 2.03 bits per heavy atom. The molecule has 0 aromatic heterocycles. The summed E-state index contributed by atoms with van der Waals surface area (Å²) in [4.78, 5) is 41.0. The molecule has 4 atom stereocenters. The molecule has 1 aliphatic rings. The van der Waals surface area contributed by atoms with Gasteiger partial charge in [0.1, 0.15) is 12.1 Å². The quantitative estimate of drug-likeness (QED) is 0.114. The summed E-state index contributed by atoms with van der Waals surface area (Å²) < 4.78 is 17.5. The highest BCUT2D eigenvalue weighted by molar-refractivity contribution is 6.48. The Morgan fingerprint density at radius 1 is 1.00 bits per heavy atom. The molecule has 1 aliphatic heterocycles. The smallest absolute Gasteiger partial charge is 0.326 e. The molecule has 1 aromatic carbocycles. The van der Waals surface area contributed by atoms with Crippen LogP contribution >= 0.6 is 34.8 Å². The fourth-order valence-electron chi connectivity index (χ4n) is 4.42. The lowest BCUT2D eigenvalue weighted by molar-refractivity contribution is -0.198. The summed E-state index contributed by atoms with van der Waals surface area (Å²) in [5.74, 6) is -2.94. The second kappa shape index (κ2) is 11.4. The van der Waals surface area contributed by atoms with Crippen molar-refractivity contribution in [3.8, 4) is 5.75 Å². The van der Waals surface area contributed by atoms with Crippen LogP contribution in [0.15, 0.2) is 12.1 Å². The molecule has 1 amide bonds. The number of hydrogen-bond acceptors (Lipinski definition) is 6. The number of amides is 1. The summed E-state index contributed by atoms with van der Waals surface area (Å²) in [5.41, 5.74) is -2.09. The fraction of sp³-hybridized carbons (Fsp3) is 0.654. The lowest BCUT2D eigenvalue weighted by Gasteiger charge is -2.59. The molecule has 1 radical (unpaired) electrons. The average molecular weight is 594 g/mol. The average Bonchev–Trinajstić information content (AvgIpc) is 2.70. The van der Waals surface area contributed by atoms with E-state index >= 15 is 0 Å². The predicted octanol–water partition coefficient (Wildman–Crippen LogP) is 6.43. The van der Waals surface area contributed by atoms with Crippen LogP contribution in [0.2, 0.25) is 28.2 Å². The van der Waals surface area contributed by atoms with E-state index in [1.165, 1.54) is 17.0 Å². The van der Waals surface area contributed by atoms with Gasteiger partial charge in [0.05, 0.1) is 38.5 Å². The first-order valence-electron chi connectivity index (χ1n) is 12.1. The molecule has 0 N–H and O–H groups in total. The van der Waals surface area contributed by atoms with Gasteiger partial charge in [-0.05, 0) is 59.2 Å². The van der Waals surface area contributed by atoms with Gasteiger partial charge in [-0.2, -0.15) is 0 Å². The standard InChI is InChI=1S/C26H37Cl3NO6Si/c1-14(23(33)34-18-12-16(28)15(27)11-17(18)29)21-20(26(8,24(2,3)4)36-37(9)10)22(32)30(21)13-19(31)35-25(5,6)7/h11-12,14,20-21H,13H2,1-10H3/t14-,20-,21-,26-/m1/s1. The van der Waals surface area contributed by atoms with Crippen LogP contribution < -0.4 is 4.74 Å². The Labute approximate surface area is 236 Å². The Balaban J connectivity index is 2.46. The molecule has 207 valence electrons. The third-order valence-corrected chi connectivity index (χ3v) is 8.39. The number of nitrogens with zero attached hydrogens (tertiary/aromatic N) is 1. The van der Waals surface area contributed by atoms with Crippen LogP contribution in [0.5, 0.6) is 5.75 Å². The molecule has 7 nitrogen and oxygen atoms in total. The van der Waals surface area contributed by atoms with Crippen molar-refractivity contribution in [2.75, 3.05) is 6.54 Å². The molecule has 1 aromatic rings. The predicted molar refractivity (Wildman–Crippen MR) is 148 cm³/mol. The zero-order valence-corrected chi connectivity index (χ0v) is 26.4. The van der Waals surface area contributed by atoms with Crippen LogP contribution in [0.4, 0.5) is 0 Å². The highest BCUT2D eigenvalue weighted by Gasteiger charge is 2.63. The van der Waals surface area contributed by atoms with Crippen LogP contribution in [0, 0.1) is 17.3 Å². The number of esters is 2. The number of carbonyl (C=O) groups is 3. The van der Waals surface area contributed by atoms with Crippen LogP contribution in [0.3, 0.4) is 0 Å². The van der Waals surface area contributed by atoms with Crippen molar-refractivity contribution in [2.24, 2.45) is 17.3 Å². The zero-order chi connectivity index (χ0) is 28.7. The maximum atomic E-state index is 13.6. The van der Waals surface area contributed by atoms with Gasteiger partial charge in [-0.25, -0.2) is 0 Å². The molecule has 1 saturated heterocycles. The van der Waals surface area contributed by atoms with E-state index in [0.717, 1.165) is 0 Å². The summed E-state index contributed by atoms with van der Waals surface area (Å²) in [7, 11) is -1.23. The SMILES string of the molecule is C[C@@H](C(=O)Oc1cc(Cl)c(Cl)cc1Cl)[C@@H]1[C@@H]([C@@](C)(O[Si](C)C)C(C)(C)C)C(=O)N1CC(=O)OC(C)(C)C. The molecule has 11 heteroatoms. The Hall–Kier alpha value is -1.32. The molecule has 0 saturated carbocycles. The van der Waals surface area contributed by atoms with Crippen molar-refractivity contribution in [3.63, 3.8) is 0 Å². The number of halogens is 3. The molecule has 0 spiro atoms. The monoisotopic (exact) mass is 592 g/mol. The molecular weight excluding hydrogens is 557 g/mol. The Bertz CT molecular complexity index is 1050. The lowest BCUT2D eigenvalue weighted by atomic mass is 9.61. The number of ether oxygens (including phenoxy) is 2. The Kier molecular flexibility index (Phi) is 9.85. The van der Waals surface area contributed by atoms with Crippen LogP contribution in [0.25, 0.3) is 0 Å². The maximum Gasteiger partial charge on any atom is 0.326 e. The number of carbonyl (C=O) groups excluding carboxylic acids is 3. The summed E-state index contributed by atoms with van der Waals surface area (Å²) in [6, 6.07) is 2.07. The Morgan fingerprint density at radius 2 is 1.54 bits per heavy atom. The van der Waals surface area contributed by atoms with E-state index in [2.05, 4.69) is 0 Å². The second-order valence-corrected chi connectivity index (χ2v) is 15.0. The van der Waals surface area contributed by atoms with Gasteiger partial charge in [0, 0.05) is 6.07 Å². The summed E-state index contributed by atoms with van der Waals surface area (Å²) in [6.45, 7) is 18.5. The van der Waals surface area contributed by atoms with Crippen molar-refractivity contribution in [1.29, 1.82) is 0 Å². The summed E-state index contributed by atoms with van der Waals surface area (Å²) >= 11 is 18.3. The summed E-state index contributed by atoms with van der Waals surface area (Å²) in [6.07, 6.45) is 0. The molecule has 2 rings (SSSR count). The molecule has 1 heterocycles. The molecule has 0 bridgehead atoms. The molecule has 37 heavy (non-hydrogen) atoms. The van der Waals surface area contributed by atoms with Gasteiger partial charge < -0.3 is 18.8 Å². The van der Waals surface area contributed by atoms with E-state index in [1.807, 2.05) is 40.8 Å². The third kappa shape index (κ3) is 7.21. The van der Waals surface area contributed by atoms with Crippen LogP contribution in [0.1, 0.15) is 55.4 Å². The van der Waals surface area contributed by atoms with E-state index < -0.39 is 55.5 Å². The number of rotatable bonds is 8. The van der Waals surface area contributed by atoms with Gasteiger partial charge in [0.15, 0.2) is 5.75 Å². The lowest BCUT2D eigenvalue weighted by Crippen LogP contribution is -2.74. The molecule has 0 aliphatic carbocycles. The third-order valence-electron chi connectivity index (χ3n) is 6.54. The number of benzene rings is 1. The minimum Gasteiger partial charge on any atom is -0.459 e.